The van der Waals surface area contributed by atoms with Gasteiger partial charge >= 0.3 is 0 Å². The SMILES string of the molecule is COc1ccc(-c2nnc(SCC(=O)Nc3ccc(C)cc3Cl)o2)cc1OC. The van der Waals surface area contributed by atoms with Crippen LogP contribution in [0.25, 0.3) is 11.5 Å². The fourth-order valence-electron chi connectivity index (χ4n) is 2.39. The van der Waals surface area contributed by atoms with Gasteiger partial charge in [-0.15, -0.1) is 10.2 Å². The maximum absolute atomic E-state index is 12.1. The van der Waals surface area contributed by atoms with E-state index in [9.17, 15) is 4.79 Å². The van der Waals surface area contributed by atoms with Crippen LogP contribution in [0.4, 0.5) is 5.69 Å². The number of rotatable bonds is 7. The van der Waals surface area contributed by atoms with Crippen molar-refractivity contribution in [1.29, 1.82) is 0 Å². The van der Waals surface area contributed by atoms with Gasteiger partial charge in [0.25, 0.3) is 5.22 Å². The van der Waals surface area contributed by atoms with Gasteiger partial charge in [-0.1, -0.05) is 29.4 Å². The summed E-state index contributed by atoms with van der Waals surface area (Å²) in [5, 5.41) is 11.5. The molecule has 1 N–H and O–H groups in total. The maximum Gasteiger partial charge on any atom is 0.277 e. The highest BCUT2D eigenvalue weighted by atomic mass is 35.5. The maximum atomic E-state index is 12.1. The van der Waals surface area contributed by atoms with Gasteiger partial charge in [-0.3, -0.25) is 4.79 Å². The number of carbonyl (C=O) groups excluding carboxylic acids is 1. The minimum Gasteiger partial charge on any atom is -0.493 e. The smallest absolute Gasteiger partial charge is 0.277 e. The van der Waals surface area contributed by atoms with Crippen molar-refractivity contribution in [1.82, 2.24) is 10.2 Å². The monoisotopic (exact) mass is 419 g/mol. The zero-order chi connectivity index (χ0) is 20.1. The Labute approximate surface area is 171 Å². The minimum absolute atomic E-state index is 0.109. The second-order valence-corrected chi connectivity index (χ2v) is 7.10. The molecule has 1 aromatic heterocycles. The predicted octanol–water partition coefficient (Wildman–Crippen LogP) is 4.45. The highest BCUT2D eigenvalue weighted by Crippen LogP contribution is 2.32. The minimum atomic E-state index is -0.221. The molecule has 0 fully saturated rings. The first kappa shape index (κ1) is 20.0. The quantitative estimate of drug-likeness (QED) is 0.566. The number of carbonyl (C=O) groups is 1. The molecular weight excluding hydrogens is 402 g/mol. The molecular formula is C19H18ClN3O4S. The van der Waals surface area contributed by atoms with E-state index in [4.69, 9.17) is 25.5 Å². The highest BCUT2D eigenvalue weighted by Gasteiger charge is 2.14. The Hall–Kier alpha value is -2.71. The normalized spacial score (nSPS) is 10.6. The van der Waals surface area contributed by atoms with Gasteiger partial charge in [0.2, 0.25) is 11.8 Å². The van der Waals surface area contributed by atoms with Crippen LogP contribution in [0, 0.1) is 6.92 Å². The van der Waals surface area contributed by atoms with Crippen LogP contribution < -0.4 is 14.8 Å². The molecule has 2 aromatic carbocycles. The van der Waals surface area contributed by atoms with Crippen molar-refractivity contribution in [2.45, 2.75) is 12.1 Å². The van der Waals surface area contributed by atoms with Crippen molar-refractivity contribution >= 4 is 35.0 Å². The number of thioether (sulfide) groups is 1. The number of methoxy groups -OCH3 is 2. The lowest BCUT2D eigenvalue weighted by Crippen LogP contribution is -2.14. The predicted molar refractivity (Wildman–Crippen MR) is 108 cm³/mol. The number of nitrogens with zero attached hydrogens (tertiary/aromatic N) is 2. The first-order chi connectivity index (χ1) is 13.5. The van der Waals surface area contributed by atoms with Gasteiger partial charge in [0.05, 0.1) is 30.7 Å². The molecule has 0 aliphatic heterocycles. The van der Waals surface area contributed by atoms with E-state index in [1.165, 1.54) is 0 Å². The molecule has 3 rings (SSSR count). The first-order valence-corrected chi connectivity index (χ1v) is 9.61. The molecule has 0 spiro atoms. The van der Waals surface area contributed by atoms with Crippen LogP contribution in [0.15, 0.2) is 46.0 Å². The van der Waals surface area contributed by atoms with E-state index in [0.29, 0.717) is 33.7 Å². The van der Waals surface area contributed by atoms with Crippen molar-refractivity contribution in [3.63, 3.8) is 0 Å². The molecule has 0 aliphatic rings. The number of nitrogens with one attached hydrogen (secondary N) is 1. The Morgan fingerprint density at radius 1 is 1.14 bits per heavy atom. The molecule has 146 valence electrons. The van der Waals surface area contributed by atoms with Crippen LogP contribution in [0.5, 0.6) is 11.5 Å². The summed E-state index contributed by atoms with van der Waals surface area (Å²) in [6, 6.07) is 10.7. The number of hydrogen-bond acceptors (Lipinski definition) is 7. The van der Waals surface area contributed by atoms with Crippen LogP contribution in [0.2, 0.25) is 5.02 Å². The van der Waals surface area contributed by atoms with Crippen molar-refractivity contribution < 1.29 is 18.7 Å². The Kier molecular flexibility index (Phi) is 6.43. The van der Waals surface area contributed by atoms with Crippen LogP contribution in [0.3, 0.4) is 0 Å². The number of ether oxygens (including phenoxy) is 2. The van der Waals surface area contributed by atoms with Gasteiger partial charge < -0.3 is 19.2 Å². The Morgan fingerprint density at radius 2 is 1.93 bits per heavy atom. The fraction of sp³-hybridized carbons (Fsp3) is 0.211. The highest BCUT2D eigenvalue weighted by molar-refractivity contribution is 7.99. The molecule has 28 heavy (non-hydrogen) atoms. The zero-order valence-electron chi connectivity index (χ0n) is 15.5. The summed E-state index contributed by atoms with van der Waals surface area (Å²) in [5.41, 5.74) is 2.27. The van der Waals surface area contributed by atoms with E-state index in [2.05, 4.69) is 15.5 Å². The molecule has 0 saturated carbocycles. The summed E-state index contributed by atoms with van der Waals surface area (Å²) in [7, 11) is 3.11. The summed E-state index contributed by atoms with van der Waals surface area (Å²) in [5.74, 6) is 1.37. The number of aryl methyl sites for hydroxylation is 1. The molecule has 1 heterocycles. The molecule has 3 aromatic rings. The van der Waals surface area contributed by atoms with E-state index < -0.39 is 0 Å². The lowest BCUT2D eigenvalue weighted by Gasteiger charge is -2.07. The Balaban J connectivity index is 1.62. The van der Waals surface area contributed by atoms with Crippen molar-refractivity contribution in [3.05, 3.63) is 47.0 Å². The fourth-order valence-corrected chi connectivity index (χ4v) is 3.23. The van der Waals surface area contributed by atoms with E-state index in [0.717, 1.165) is 17.3 Å². The van der Waals surface area contributed by atoms with Crippen LogP contribution in [-0.2, 0) is 4.79 Å². The number of halogens is 1. The molecule has 0 radical (unpaired) electrons. The number of hydrogen-bond donors (Lipinski definition) is 1. The average Bonchev–Trinajstić information content (AvgIpc) is 3.17. The molecule has 0 atom stereocenters. The lowest BCUT2D eigenvalue weighted by atomic mass is 10.2. The zero-order valence-corrected chi connectivity index (χ0v) is 17.1. The molecule has 0 saturated heterocycles. The number of benzene rings is 2. The van der Waals surface area contributed by atoms with Crippen molar-refractivity contribution in [2.24, 2.45) is 0 Å². The summed E-state index contributed by atoms with van der Waals surface area (Å²) < 4.78 is 16.1. The van der Waals surface area contributed by atoms with E-state index >= 15 is 0 Å². The van der Waals surface area contributed by atoms with Gasteiger partial charge in [0, 0.05) is 5.56 Å². The van der Waals surface area contributed by atoms with Gasteiger partial charge in [-0.05, 0) is 42.8 Å². The van der Waals surface area contributed by atoms with Crippen LogP contribution >= 0.6 is 23.4 Å². The molecule has 9 heteroatoms. The molecule has 0 unspecified atom stereocenters. The Morgan fingerprint density at radius 3 is 2.64 bits per heavy atom. The van der Waals surface area contributed by atoms with Crippen LogP contribution in [0.1, 0.15) is 5.56 Å². The van der Waals surface area contributed by atoms with E-state index in [-0.39, 0.29) is 16.9 Å². The van der Waals surface area contributed by atoms with E-state index in [1.54, 1.807) is 44.6 Å². The van der Waals surface area contributed by atoms with E-state index in [1.807, 2.05) is 13.0 Å². The third-order valence-electron chi connectivity index (χ3n) is 3.76. The second kappa shape index (κ2) is 8.99. The molecule has 1 amide bonds. The third kappa shape index (κ3) is 4.76. The molecule has 0 aliphatic carbocycles. The van der Waals surface area contributed by atoms with Crippen LogP contribution in [-0.4, -0.2) is 36.1 Å². The van der Waals surface area contributed by atoms with Gasteiger partial charge in [-0.2, -0.15) is 0 Å². The average molecular weight is 420 g/mol. The molecule has 0 bridgehead atoms. The van der Waals surface area contributed by atoms with Gasteiger partial charge in [-0.25, -0.2) is 0 Å². The molecule has 7 nitrogen and oxygen atoms in total. The topological polar surface area (TPSA) is 86.5 Å². The van der Waals surface area contributed by atoms with Crippen molar-refractivity contribution in [2.75, 3.05) is 25.3 Å². The standard InChI is InChI=1S/C19H18ClN3O4S/c1-11-4-6-14(13(20)8-11)21-17(24)10-28-19-23-22-18(27-19)12-5-7-15(25-2)16(9-12)26-3/h4-9H,10H2,1-3H3,(H,21,24). The summed E-state index contributed by atoms with van der Waals surface area (Å²) in [6.07, 6.45) is 0. The Bertz CT molecular complexity index is 993. The van der Waals surface area contributed by atoms with Crippen molar-refractivity contribution in [3.8, 4) is 23.0 Å². The summed E-state index contributed by atoms with van der Waals surface area (Å²) >= 11 is 7.27. The first-order valence-electron chi connectivity index (χ1n) is 8.25. The van der Waals surface area contributed by atoms with Gasteiger partial charge in [0.15, 0.2) is 11.5 Å². The third-order valence-corrected chi connectivity index (χ3v) is 4.89. The summed E-state index contributed by atoms with van der Waals surface area (Å²) in [4.78, 5) is 12.1. The number of anilines is 1. The summed E-state index contributed by atoms with van der Waals surface area (Å²) in [6.45, 7) is 1.93. The number of amides is 1. The second-order valence-electron chi connectivity index (χ2n) is 5.76. The van der Waals surface area contributed by atoms with Gasteiger partial charge in [0.1, 0.15) is 0 Å². The number of aromatic nitrogens is 2. The lowest BCUT2D eigenvalue weighted by molar-refractivity contribution is -0.113. The largest absolute Gasteiger partial charge is 0.493 e.